The van der Waals surface area contributed by atoms with Gasteiger partial charge in [-0.15, -0.1) is 0 Å². The molecule has 0 bridgehead atoms. The Bertz CT molecular complexity index is 539. The Labute approximate surface area is 123 Å². The number of aromatic nitrogens is 1. The maximum absolute atomic E-state index is 12.0. The number of amides is 1. The van der Waals surface area contributed by atoms with Crippen LogP contribution in [0.5, 0.6) is 0 Å². The zero-order valence-electron chi connectivity index (χ0n) is 11.5. The monoisotopic (exact) mass is 292 g/mol. The molecule has 0 fully saturated rings. The number of nitrogens with zero attached hydrogens (tertiary/aromatic N) is 2. The summed E-state index contributed by atoms with van der Waals surface area (Å²) in [5.41, 5.74) is 1.41. The molecule has 1 aromatic rings. The molecule has 0 saturated carbocycles. The molecule has 1 rings (SSSR count). The lowest BCUT2D eigenvalue weighted by molar-refractivity contribution is -0.124. The minimum absolute atomic E-state index is 0.224. The molecule has 0 atom stereocenters. The van der Waals surface area contributed by atoms with E-state index in [0.717, 1.165) is 5.69 Å². The van der Waals surface area contributed by atoms with Gasteiger partial charge in [-0.2, -0.15) is 0 Å². The molecule has 0 saturated heterocycles. The summed E-state index contributed by atoms with van der Waals surface area (Å²) in [6.45, 7) is 7.44. The van der Waals surface area contributed by atoms with Gasteiger partial charge in [0.25, 0.3) is 5.91 Å². The summed E-state index contributed by atoms with van der Waals surface area (Å²) >= 11 is 5.77. The highest BCUT2D eigenvalue weighted by Gasteiger charge is 2.19. The van der Waals surface area contributed by atoms with Crippen molar-refractivity contribution in [3.05, 3.63) is 48.6 Å². The van der Waals surface area contributed by atoms with Gasteiger partial charge in [0.05, 0.1) is 17.6 Å². The van der Waals surface area contributed by atoms with Gasteiger partial charge in [0.1, 0.15) is 5.17 Å². The number of allylic oxidation sites excluding steroid dienone is 1. The Balaban J connectivity index is 3.01. The zero-order valence-corrected chi connectivity index (χ0v) is 12.2. The molecule has 6 heteroatoms. The molecule has 1 amide bonds. The van der Waals surface area contributed by atoms with Crippen molar-refractivity contribution >= 4 is 28.4 Å². The van der Waals surface area contributed by atoms with Crippen molar-refractivity contribution in [3.63, 3.8) is 0 Å². The average Bonchev–Trinajstić information content (AvgIpc) is 2.43. The first-order chi connectivity index (χ1) is 9.47. The molecular weight excluding hydrogens is 276 g/mol. The summed E-state index contributed by atoms with van der Waals surface area (Å²) in [5.74, 6) is -0.267. The molecule has 0 radical (unpaired) electrons. The standard InChI is InChI=1S/C14H17ClN4O/c1-4-19(14(20)10(2)3)12(13(15)16)9-18-11-6-5-7-17-8-11/h5-9,16,18H,2,4H2,1,3H3/b12-9+,16-13?. The maximum Gasteiger partial charge on any atom is 0.253 e. The van der Waals surface area contributed by atoms with Gasteiger partial charge in [-0.05, 0) is 26.0 Å². The Morgan fingerprint density at radius 2 is 2.35 bits per heavy atom. The number of hydrogen-bond acceptors (Lipinski definition) is 4. The van der Waals surface area contributed by atoms with Gasteiger partial charge in [0.2, 0.25) is 0 Å². The molecule has 0 aliphatic heterocycles. The second-order valence-electron chi connectivity index (χ2n) is 4.06. The van der Waals surface area contributed by atoms with Crippen LogP contribution in [-0.4, -0.2) is 27.5 Å². The second kappa shape index (κ2) is 7.45. The zero-order chi connectivity index (χ0) is 15.1. The molecule has 2 N–H and O–H groups in total. The van der Waals surface area contributed by atoms with E-state index in [1.54, 1.807) is 32.3 Å². The first-order valence-electron chi connectivity index (χ1n) is 6.05. The number of anilines is 1. The molecule has 1 heterocycles. The Morgan fingerprint density at radius 1 is 1.65 bits per heavy atom. The lowest BCUT2D eigenvalue weighted by Gasteiger charge is -2.23. The third-order valence-electron chi connectivity index (χ3n) is 2.48. The van der Waals surface area contributed by atoms with E-state index < -0.39 is 0 Å². The largest absolute Gasteiger partial charge is 0.358 e. The predicted molar refractivity (Wildman–Crippen MR) is 81.7 cm³/mol. The van der Waals surface area contributed by atoms with Crippen molar-refractivity contribution in [2.45, 2.75) is 13.8 Å². The van der Waals surface area contributed by atoms with Crippen LogP contribution >= 0.6 is 11.6 Å². The van der Waals surface area contributed by atoms with Gasteiger partial charge in [-0.25, -0.2) is 0 Å². The number of carbonyl (C=O) groups excluding carboxylic acids is 1. The maximum atomic E-state index is 12.0. The smallest absolute Gasteiger partial charge is 0.253 e. The van der Waals surface area contributed by atoms with Crippen LogP contribution in [0.2, 0.25) is 0 Å². The van der Waals surface area contributed by atoms with Crippen molar-refractivity contribution in [1.82, 2.24) is 9.88 Å². The Hall–Kier alpha value is -2.14. The minimum Gasteiger partial charge on any atom is -0.358 e. The van der Waals surface area contributed by atoms with Crippen LogP contribution < -0.4 is 5.32 Å². The summed E-state index contributed by atoms with van der Waals surface area (Å²) in [4.78, 5) is 17.4. The minimum atomic E-state index is -0.267. The first kappa shape index (κ1) is 15.9. The fourth-order valence-electron chi connectivity index (χ4n) is 1.51. The fraction of sp³-hybridized carbons (Fsp3) is 0.214. The van der Waals surface area contributed by atoms with Gasteiger partial charge in [-0.1, -0.05) is 18.2 Å². The SMILES string of the molecule is C=C(C)C(=O)N(CC)/C(=C/Nc1cccnc1)C(=N)Cl. The summed E-state index contributed by atoms with van der Waals surface area (Å²) in [7, 11) is 0. The number of nitrogens with one attached hydrogen (secondary N) is 2. The van der Waals surface area contributed by atoms with E-state index in [9.17, 15) is 4.79 Å². The number of halogens is 1. The van der Waals surface area contributed by atoms with Crippen molar-refractivity contribution in [3.8, 4) is 0 Å². The fourth-order valence-corrected chi connectivity index (χ4v) is 1.67. The Kier molecular flexibility index (Phi) is 5.93. The van der Waals surface area contributed by atoms with Crippen LogP contribution in [0.4, 0.5) is 5.69 Å². The number of rotatable bonds is 6. The summed E-state index contributed by atoms with van der Waals surface area (Å²) in [6.07, 6.45) is 4.79. The van der Waals surface area contributed by atoms with Gasteiger partial charge in [0, 0.05) is 24.5 Å². The Morgan fingerprint density at radius 3 is 2.80 bits per heavy atom. The molecule has 0 aliphatic carbocycles. The summed E-state index contributed by atoms with van der Waals surface area (Å²) in [5, 5.41) is 10.3. The van der Waals surface area contributed by atoms with E-state index in [0.29, 0.717) is 12.1 Å². The van der Waals surface area contributed by atoms with Crippen LogP contribution in [0.25, 0.3) is 0 Å². The van der Waals surface area contributed by atoms with E-state index in [1.807, 2.05) is 6.07 Å². The molecule has 106 valence electrons. The highest BCUT2D eigenvalue weighted by atomic mass is 35.5. The lowest BCUT2D eigenvalue weighted by Crippen LogP contribution is -2.33. The van der Waals surface area contributed by atoms with E-state index in [4.69, 9.17) is 17.0 Å². The van der Waals surface area contributed by atoms with Gasteiger partial charge < -0.3 is 10.2 Å². The highest BCUT2D eigenvalue weighted by molar-refractivity contribution is 6.68. The van der Waals surface area contributed by atoms with Gasteiger partial charge >= 0.3 is 0 Å². The van der Waals surface area contributed by atoms with Crippen molar-refractivity contribution in [2.24, 2.45) is 0 Å². The molecule has 0 aliphatic rings. The second-order valence-corrected chi connectivity index (χ2v) is 4.44. The molecule has 0 aromatic carbocycles. The van der Waals surface area contributed by atoms with Crippen LogP contribution in [0, 0.1) is 5.41 Å². The van der Waals surface area contributed by atoms with Crippen molar-refractivity contribution in [1.29, 1.82) is 5.41 Å². The van der Waals surface area contributed by atoms with Crippen LogP contribution in [0.15, 0.2) is 48.6 Å². The molecular formula is C14H17ClN4O. The predicted octanol–water partition coefficient (Wildman–Crippen LogP) is 2.98. The third kappa shape index (κ3) is 4.20. The van der Waals surface area contributed by atoms with Crippen molar-refractivity contribution in [2.75, 3.05) is 11.9 Å². The lowest BCUT2D eigenvalue weighted by atomic mass is 10.2. The number of pyridine rings is 1. The van der Waals surface area contributed by atoms with Gasteiger partial charge in [-0.3, -0.25) is 15.2 Å². The molecule has 20 heavy (non-hydrogen) atoms. The van der Waals surface area contributed by atoms with Crippen LogP contribution in [-0.2, 0) is 4.79 Å². The average molecular weight is 293 g/mol. The molecule has 0 unspecified atom stereocenters. The quantitative estimate of drug-likeness (QED) is 0.625. The van der Waals surface area contributed by atoms with Crippen molar-refractivity contribution < 1.29 is 4.79 Å². The van der Waals surface area contributed by atoms with E-state index in [-0.39, 0.29) is 16.8 Å². The van der Waals surface area contributed by atoms with Crippen LogP contribution in [0.1, 0.15) is 13.8 Å². The third-order valence-corrected chi connectivity index (χ3v) is 2.67. The number of likely N-dealkylation sites (N-methyl/N-ethyl adjacent to an activating group) is 1. The van der Waals surface area contributed by atoms with E-state index in [1.165, 1.54) is 11.1 Å². The number of carbonyl (C=O) groups is 1. The number of hydrogen-bond donors (Lipinski definition) is 2. The van der Waals surface area contributed by atoms with Gasteiger partial charge in [0.15, 0.2) is 0 Å². The molecule has 5 nitrogen and oxygen atoms in total. The summed E-state index contributed by atoms with van der Waals surface area (Å²) in [6, 6.07) is 3.59. The normalized spacial score (nSPS) is 10.8. The molecule has 0 spiro atoms. The summed E-state index contributed by atoms with van der Waals surface area (Å²) < 4.78 is 0. The molecule has 1 aromatic heterocycles. The van der Waals surface area contributed by atoms with Crippen LogP contribution in [0.3, 0.4) is 0 Å². The highest BCUT2D eigenvalue weighted by Crippen LogP contribution is 2.13. The van der Waals surface area contributed by atoms with E-state index >= 15 is 0 Å². The first-order valence-corrected chi connectivity index (χ1v) is 6.43. The topological polar surface area (TPSA) is 69.1 Å². The van der Waals surface area contributed by atoms with E-state index in [2.05, 4.69) is 16.9 Å².